The molecule has 1 aliphatic rings. The highest BCUT2D eigenvalue weighted by molar-refractivity contribution is 6.22. The monoisotopic (exact) mass is 387 g/mol. The van der Waals surface area contributed by atoms with Crippen molar-refractivity contribution in [2.75, 3.05) is 44.6 Å². The molecule has 0 fully saturated rings. The molecule has 152 valence electrons. The van der Waals surface area contributed by atoms with Crippen LogP contribution < -0.4 is 10.6 Å². The van der Waals surface area contributed by atoms with Crippen molar-refractivity contribution in [3.05, 3.63) is 47.7 Å². The lowest BCUT2D eigenvalue weighted by Crippen LogP contribution is -2.47. The molecule has 7 heteroatoms. The van der Waals surface area contributed by atoms with E-state index in [2.05, 4.69) is 15.6 Å². The third-order valence-corrected chi connectivity index (χ3v) is 4.87. The van der Waals surface area contributed by atoms with Crippen LogP contribution in [-0.4, -0.2) is 65.8 Å². The zero-order valence-electron chi connectivity index (χ0n) is 16.9. The summed E-state index contributed by atoms with van der Waals surface area (Å²) in [6, 6.07) is 7.69. The summed E-state index contributed by atoms with van der Waals surface area (Å²) in [6.45, 7) is 8.73. The minimum absolute atomic E-state index is 0.0220. The van der Waals surface area contributed by atoms with Crippen LogP contribution in [0, 0.1) is 0 Å². The van der Waals surface area contributed by atoms with Gasteiger partial charge in [0.2, 0.25) is 0 Å². The number of anilines is 1. The van der Waals surface area contributed by atoms with Crippen LogP contribution >= 0.6 is 0 Å². The Morgan fingerprint density at radius 3 is 2.32 bits per heavy atom. The number of hydrogen-bond acceptors (Lipinski definition) is 6. The molecule has 2 rings (SSSR count). The fraction of sp³-hybridized carbons (Fsp3) is 0.429. The molecule has 0 saturated heterocycles. The molecule has 0 aromatic heterocycles. The largest absolute Gasteiger partial charge is 0.395 e. The first-order chi connectivity index (χ1) is 13.4. The fourth-order valence-corrected chi connectivity index (χ4v) is 2.84. The third-order valence-electron chi connectivity index (χ3n) is 4.87. The number of allylic oxidation sites excluding steroid dienone is 3. The van der Waals surface area contributed by atoms with E-state index in [1.54, 1.807) is 13.0 Å². The maximum Gasteiger partial charge on any atom is 0.183 e. The zero-order chi connectivity index (χ0) is 20.6. The molecular formula is C21H31N4O3+. The predicted molar refractivity (Wildman–Crippen MR) is 112 cm³/mol. The first kappa shape index (κ1) is 21.8. The molecule has 0 unspecified atom stereocenters. The third kappa shape index (κ3) is 6.02. The molecule has 0 amide bonds. The summed E-state index contributed by atoms with van der Waals surface area (Å²) in [5.74, 6) is -0.0588. The van der Waals surface area contributed by atoms with Crippen LogP contribution in [0.5, 0.6) is 0 Å². The average Bonchev–Trinajstić information content (AvgIpc) is 2.70. The van der Waals surface area contributed by atoms with Crippen molar-refractivity contribution >= 4 is 22.9 Å². The number of aliphatic hydroxyl groups is 1. The fourth-order valence-electron chi connectivity index (χ4n) is 2.84. The molecule has 0 heterocycles. The second-order valence-corrected chi connectivity index (χ2v) is 6.82. The van der Waals surface area contributed by atoms with E-state index in [9.17, 15) is 10.0 Å². The van der Waals surface area contributed by atoms with E-state index in [0.29, 0.717) is 49.7 Å². The number of aliphatic imine (C=N–C) groups is 1. The Morgan fingerprint density at radius 1 is 1.04 bits per heavy atom. The number of aliphatic hydroxyl groups excluding tert-OH is 1. The van der Waals surface area contributed by atoms with E-state index in [1.165, 1.54) is 6.08 Å². The van der Waals surface area contributed by atoms with Gasteiger partial charge in [-0.05, 0) is 56.7 Å². The van der Waals surface area contributed by atoms with Gasteiger partial charge in [-0.25, -0.2) is 10.2 Å². The lowest BCUT2D eigenvalue weighted by molar-refractivity contribution is -1.10. The van der Waals surface area contributed by atoms with Crippen molar-refractivity contribution in [3.63, 3.8) is 0 Å². The number of quaternary nitrogens is 1. The summed E-state index contributed by atoms with van der Waals surface area (Å²) in [4.78, 5) is 16.5. The van der Waals surface area contributed by atoms with E-state index in [1.807, 2.05) is 38.1 Å². The minimum Gasteiger partial charge on any atom is -0.395 e. The van der Waals surface area contributed by atoms with Crippen molar-refractivity contribution in [3.8, 4) is 0 Å². The van der Waals surface area contributed by atoms with Gasteiger partial charge in [-0.2, -0.15) is 4.65 Å². The van der Waals surface area contributed by atoms with Crippen LogP contribution in [0.15, 0.2) is 52.7 Å². The topological polar surface area (TPSA) is 94.0 Å². The van der Waals surface area contributed by atoms with Crippen molar-refractivity contribution in [1.82, 2.24) is 5.32 Å². The molecule has 0 saturated carbocycles. The summed E-state index contributed by atoms with van der Waals surface area (Å²) in [5.41, 5.74) is 3.64. The molecule has 0 aliphatic heterocycles. The van der Waals surface area contributed by atoms with Gasteiger partial charge in [-0.1, -0.05) is 0 Å². The predicted octanol–water partition coefficient (Wildman–Crippen LogP) is 2.41. The molecular weight excluding hydrogens is 356 g/mol. The number of carbonyl (C=O) groups is 1. The molecule has 1 aliphatic carbocycles. The number of rotatable bonds is 10. The van der Waals surface area contributed by atoms with Crippen molar-refractivity contribution in [1.29, 1.82) is 0 Å². The van der Waals surface area contributed by atoms with Gasteiger partial charge in [-0.15, -0.1) is 0 Å². The number of benzene rings is 1. The van der Waals surface area contributed by atoms with Gasteiger partial charge in [0.25, 0.3) is 0 Å². The molecule has 0 spiro atoms. The molecule has 7 nitrogen and oxygen atoms in total. The normalized spacial score (nSPS) is 16.0. The van der Waals surface area contributed by atoms with Gasteiger partial charge < -0.3 is 15.7 Å². The van der Waals surface area contributed by atoms with E-state index >= 15 is 0 Å². The van der Waals surface area contributed by atoms with E-state index in [0.717, 1.165) is 11.4 Å². The molecule has 0 radical (unpaired) electrons. The summed E-state index contributed by atoms with van der Waals surface area (Å²) in [6.07, 6.45) is 3.27. The van der Waals surface area contributed by atoms with Crippen molar-refractivity contribution in [2.24, 2.45) is 4.99 Å². The zero-order valence-corrected chi connectivity index (χ0v) is 16.9. The van der Waals surface area contributed by atoms with E-state index in [-0.39, 0.29) is 17.0 Å². The lowest BCUT2D eigenvalue weighted by Gasteiger charge is -2.27. The first-order valence-corrected chi connectivity index (χ1v) is 9.71. The lowest BCUT2D eigenvalue weighted by atomic mass is 10.0. The smallest absolute Gasteiger partial charge is 0.183 e. The van der Waals surface area contributed by atoms with Crippen LogP contribution in [0.3, 0.4) is 0 Å². The summed E-state index contributed by atoms with van der Waals surface area (Å²) in [5, 5.41) is 25.7. The highest BCUT2D eigenvalue weighted by atomic mass is 16.5. The molecule has 0 atom stereocenters. The summed E-state index contributed by atoms with van der Waals surface area (Å²) in [7, 11) is 0. The highest BCUT2D eigenvalue weighted by Gasteiger charge is 2.19. The van der Waals surface area contributed by atoms with Crippen LogP contribution in [0.25, 0.3) is 0 Å². The maximum atomic E-state index is 11.9. The van der Waals surface area contributed by atoms with Gasteiger partial charge in [0.05, 0.1) is 30.2 Å². The molecule has 1 aromatic carbocycles. The van der Waals surface area contributed by atoms with Crippen LogP contribution in [0.1, 0.15) is 20.8 Å². The Labute approximate surface area is 166 Å². The Bertz CT molecular complexity index is 762. The van der Waals surface area contributed by atoms with Gasteiger partial charge in [0.1, 0.15) is 19.6 Å². The van der Waals surface area contributed by atoms with E-state index in [4.69, 9.17) is 5.11 Å². The maximum absolute atomic E-state index is 11.9. The number of hydroxylamine groups is 3. The Kier molecular flexibility index (Phi) is 7.92. The van der Waals surface area contributed by atoms with Gasteiger partial charge in [-0.3, -0.25) is 4.79 Å². The van der Waals surface area contributed by atoms with Crippen molar-refractivity contribution in [2.45, 2.75) is 20.8 Å². The quantitative estimate of drug-likeness (QED) is 0.281. The molecule has 4 N–H and O–H groups in total. The van der Waals surface area contributed by atoms with Crippen LogP contribution in [0.2, 0.25) is 0 Å². The second kappa shape index (κ2) is 10.2. The Morgan fingerprint density at radius 2 is 1.71 bits per heavy atom. The SMILES string of the molecule is CC[N+](O)(CC)CCNc1ccc(N=C2C=C(C)C(=O)C=C2NCCO)cc1. The standard InChI is InChI=1S/C21H30N4O3/c1-4-25(28,5-2)12-10-22-17-6-8-18(9-7-17)24-20-14-16(3)21(27)15-19(20)23-11-13-26/h6-9,14-15,26,28H,4-5,10-13H2,1-3H3,(H-,22,23,27)/p+1. The van der Waals surface area contributed by atoms with Crippen LogP contribution in [-0.2, 0) is 4.79 Å². The first-order valence-electron chi connectivity index (χ1n) is 9.71. The van der Waals surface area contributed by atoms with Gasteiger partial charge >= 0.3 is 0 Å². The number of likely N-dealkylation sites (N-methyl/N-ethyl adjacent to an activating group) is 1. The molecule has 1 aromatic rings. The number of nitrogens with zero attached hydrogens (tertiary/aromatic N) is 2. The second-order valence-electron chi connectivity index (χ2n) is 6.82. The Balaban J connectivity index is 2.05. The molecule has 28 heavy (non-hydrogen) atoms. The summed E-state index contributed by atoms with van der Waals surface area (Å²) >= 11 is 0. The average molecular weight is 388 g/mol. The van der Waals surface area contributed by atoms with Gasteiger partial charge in [0.15, 0.2) is 5.78 Å². The van der Waals surface area contributed by atoms with Gasteiger partial charge in [0, 0.05) is 18.3 Å². The number of hydrogen-bond donors (Lipinski definition) is 4. The number of carbonyl (C=O) groups excluding carboxylic acids is 1. The summed E-state index contributed by atoms with van der Waals surface area (Å²) < 4.78 is 0.0547. The van der Waals surface area contributed by atoms with Crippen LogP contribution in [0.4, 0.5) is 11.4 Å². The number of nitrogens with one attached hydrogen (secondary N) is 2. The van der Waals surface area contributed by atoms with Crippen molar-refractivity contribution < 1.29 is 19.8 Å². The van der Waals surface area contributed by atoms with E-state index < -0.39 is 0 Å². The number of ketones is 1. The molecule has 0 bridgehead atoms. The Hall–Kier alpha value is -2.48. The highest BCUT2D eigenvalue weighted by Crippen LogP contribution is 2.20. The minimum atomic E-state index is -0.0588.